The van der Waals surface area contributed by atoms with Crippen molar-refractivity contribution in [2.45, 2.75) is 39.5 Å². The number of aromatic hydroxyl groups is 1. The van der Waals surface area contributed by atoms with Gasteiger partial charge in [-0.3, -0.25) is 4.79 Å². The number of carboxylic acids is 2. The van der Waals surface area contributed by atoms with E-state index < -0.39 is 17.9 Å². The number of carbonyl (C=O) groups is 2. The van der Waals surface area contributed by atoms with Crippen LogP contribution in [0, 0.1) is 24.7 Å². The number of aromatic carboxylic acids is 1. The van der Waals surface area contributed by atoms with Crippen LogP contribution >= 0.6 is 0 Å². The van der Waals surface area contributed by atoms with Crippen molar-refractivity contribution < 1.29 is 24.9 Å². The van der Waals surface area contributed by atoms with E-state index in [1.54, 1.807) is 13.0 Å². The second-order valence-corrected chi connectivity index (χ2v) is 6.51. The van der Waals surface area contributed by atoms with Crippen LogP contribution in [0.15, 0.2) is 12.1 Å². The van der Waals surface area contributed by atoms with E-state index in [1.165, 1.54) is 6.07 Å². The lowest BCUT2D eigenvalue weighted by molar-refractivity contribution is -0.142. The Bertz CT molecular complexity index is 605. The van der Waals surface area contributed by atoms with E-state index in [1.807, 2.05) is 13.8 Å². The van der Waals surface area contributed by atoms with Gasteiger partial charge >= 0.3 is 11.9 Å². The number of rotatable bonds is 4. The zero-order valence-electron chi connectivity index (χ0n) is 13.0. The lowest BCUT2D eigenvalue weighted by Crippen LogP contribution is -2.25. The fourth-order valence-electron chi connectivity index (χ4n) is 3.79. The molecule has 0 amide bonds. The van der Waals surface area contributed by atoms with Crippen molar-refractivity contribution >= 4 is 11.9 Å². The van der Waals surface area contributed by atoms with Crippen LogP contribution in [0.2, 0.25) is 0 Å². The van der Waals surface area contributed by atoms with Crippen molar-refractivity contribution in [2.75, 3.05) is 0 Å². The van der Waals surface area contributed by atoms with Crippen molar-refractivity contribution in [1.29, 1.82) is 0 Å². The molecule has 1 saturated carbocycles. The highest BCUT2D eigenvalue weighted by atomic mass is 16.4. The van der Waals surface area contributed by atoms with Gasteiger partial charge in [-0.15, -0.1) is 0 Å². The van der Waals surface area contributed by atoms with Crippen molar-refractivity contribution in [2.24, 2.45) is 17.8 Å². The Hall–Kier alpha value is -2.04. The summed E-state index contributed by atoms with van der Waals surface area (Å²) in [5.74, 6) is -3.04. The lowest BCUT2D eigenvalue weighted by atomic mass is 9.76. The molecule has 1 aliphatic carbocycles. The third kappa shape index (κ3) is 2.80. The number of phenols is 1. The maximum atomic E-state index is 11.6. The Balaban J connectivity index is 2.64. The molecule has 1 aromatic rings. The van der Waals surface area contributed by atoms with Crippen LogP contribution in [-0.2, 0) is 4.79 Å². The fourth-order valence-corrected chi connectivity index (χ4v) is 3.79. The summed E-state index contributed by atoms with van der Waals surface area (Å²) in [5.41, 5.74) is 1.03. The highest BCUT2D eigenvalue weighted by Crippen LogP contribution is 2.49. The van der Waals surface area contributed by atoms with Crippen LogP contribution in [-0.4, -0.2) is 27.3 Å². The number of carboxylic acid groups (broad SMARTS) is 2. The first kappa shape index (κ1) is 16.3. The first-order chi connectivity index (χ1) is 10.2. The molecule has 0 spiro atoms. The molecule has 22 heavy (non-hydrogen) atoms. The Labute approximate surface area is 129 Å². The number of aliphatic carboxylic acids is 1. The Morgan fingerprint density at radius 3 is 2.32 bits per heavy atom. The van der Waals surface area contributed by atoms with Gasteiger partial charge in [0.2, 0.25) is 0 Å². The SMILES string of the molecule is Cc1cc(O)c(C(=O)O)c([C@@H]2[C@H](C(=O)O)CC[C@H]2C(C)C)c1. The largest absolute Gasteiger partial charge is 0.507 e. The summed E-state index contributed by atoms with van der Waals surface area (Å²) in [6, 6.07) is 3.12. The second kappa shape index (κ2) is 5.99. The summed E-state index contributed by atoms with van der Waals surface area (Å²) in [6.07, 6.45) is 1.30. The highest BCUT2D eigenvalue weighted by molar-refractivity contribution is 5.93. The Morgan fingerprint density at radius 2 is 1.82 bits per heavy atom. The van der Waals surface area contributed by atoms with Gasteiger partial charge in [-0.2, -0.15) is 0 Å². The molecule has 1 aliphatic rings. The summed E-state index contributed by atoms with van der Waals surface area (Å²) < 4.78 is 0. The summed E-state index contributed by atoms with van der Waals surface area (Å²) >= 11 is 0. The quantitative estimate of drug-likeness (QED) is 0.793. The van der Waals surface area contributed by atoms with Crippen molar-refractivity contribution in [3.05, 3.63) is 28.8 Å². The molecular formula is C17H22O5. The molecule has 3 atom stereocenters. The monoisotopic (exact) mass is 306 g/mol. The van der Waals surface area contributed by atoms with Gasteiger partial charge in [0, 0.05) is 5.92 Å². The Morgan fingerprint density at radius 1 is 1.18 bits per heavy atom. The van der Waals surface area contributed by atoms with Gasteiger partial charge in [0.15, 0.2) is 0 Å². The van der Waals surface area contributed by atoms with E-state index in [0.29, 0.717) is 12.0 Å². The summed E-state index contributed by atoms with van der Waals surface area (Å²) in [7, 11) is 0. The Kier molecular flexibility index (Phi) is 4.44. The van der Waals surface area contributed by atoms with Gasteiger partial charge in [-0.05, 0) is 48.8 Å². The number of hydrogen-bond donors (Lipinski definition) is 3. The molecule has 1 fully saturated rings. The van der Waals surface area contributed by atoms with Gasteiger partial charge in [0.1, 0.15) is 11.3 Å². The average Bonchev–Trinajstić information content (AvgIpc) is 2.81. The first-order valence-electron chi connectivity index (χ1n) is 7.53. The van der Waals surface area contributed by atoms with Crippen molar-refractivity contribution in [1.82, 2.24) is 0 Å². The maximum Gasteiger partial charge on any atom is 0.339 e. The summed E-state index contributed by atoms with van der Waals surface area (Å²) in [4.78, 5) is 23.2. The summed E-state index contributed by atoms with van der Waals surface area (Å²) in [6.45, 7) is 5.82. The zero-order valence-corrected chi connectivity index (χ0v) is 13.0. The molecule has 0 heterocycles. The molecule has 0 aromatic heterocycles. The van der Waals surface area contributed by atoms with Crippen LogP contribution in [0.25, 0.3) is 0 Å². The van der Waals surface area contributed by atoms with E-state index in [-0.39, 0.29) is 29.1 Å². The van der Waals surface area contributed by atoms with Crippen LogP contribution < -0.4 is 0 Å². The third-order valence-electron chi connectivity index (χ3n) is 4.74. The van der Waals surface area contributed by atoms with Crippen LogP contribution in [0.3, 0.4) is 0 Å². The van der Waals surface area contributed by atoms with Gasteiger partial charge in [-0.1, -0.05) is 19.9 Å². The van der Waals surface area contributed by atoms with E-state index >= 15 is 0 Å². The van der Waals surface area contributed by atoms with E-state index in [2.05, 4.69) is 0 Å². The standard InChI is InChI=1S/C17H22O5/c1-8(2)10-4-5-11(16(19)20)14(10)12-6-9(3)7-13(18)15(12)17(21)22/h6-8,10-11,14,18H,4-5H2,1-3H3,(H,19,20)(H,21,22)/t10-,11+,14-/m0/s1. The summed E-state index contributed by atoms with van der Waals surface area (Å²) in [5, 5.41) is 29.0. The molecule has 3 N–H and O–H groups in total. The topological polar surface area (TPSA) is 94.8 Å². The molecule has 0 saturated heterocycles. The third-order valence-corrected chi connectivity index (χ3v) is 4.74. The molecule has 0 radical (unpaired) electrons. The fraction of sp³-hybridized carbons (Fsp3) is 0.529. The van der Waals surface area contributed by atoms with E-state index in [9.17, 15) is 24.9 Å². The first-order valence-corrected chi connectivity index (χ1v) is 7.53. The second-order valence-electron chi connectivity index (χ2n) is 6.51. The molecular weight excluding hydrogens is 284 g/mol. The lowest BCUT2D eigenvalue weighted by Gasteiger charge is -2.28. The van der Waals surface area contributed by atoms with E-state index in [0.717, 1.165) is 12.0 Å². The number of benzene rings is 1. The van der Waals surface area contributed by atoms with Gasteiger partial charge in [0.05, 0.1) is 5.92 Å². The highest BCUT2D eigenvalue weighted by Gasteiger charge is 2.44. The maximum absolute atomic E-state index is 11.6. The molecule has 5 heteroatoms. The van der Waals surface area contributed by atoms with Crippen molar-refractivity contribution in [3.8, 4) is 5.75 Å². The number of hydrogen-bond acceptors (Lipinski definition) is 3. The molecule has 2 rings (SSSR count). The van der Waals surface area contributed by atoms with Crippen LogP contribution in [0.4, 0.5) is 0 Å². The van der Waals surface area contributed by atoms with E-state index in [4.69, 9.17) is 0 Å². The van der Waals surface area contributed by atoms with Gasteiger partial charge in [-0.25, -0.2) is 4.79 Å². The molecule has 1 aromatic carbocycles. The molecule has 0 unspecified atom stereocenters. The predicted molar refractivity (Wildman–Crippen MR) is 81.2 cm³/mol. The van der Waals surface area contributed by atoms with Crippen LogP contribution in [0.1, 0.15) is 54.1 Å². The average molecular weight is 306 g/mol. The zero-order chi connectivity index (χ0) is 16.6. The molecule has 5 nitrogen and oxygen atoms in total. The van der Waals surface area contributed by atoms with Gasteiger partial charge in [0.25, 0.3) is 0 Å². The van der Waals surface area contributed by atoms with Gasteiger partial charge < -0.3 is 15.3 Å². The number of aryl methyl sites for hydroxylation is 1. The molecule has 0 aliphatic heterocycles. The molecule has 0 bridgehead atoms. The molecule has 120 valence electrons. The normalized spacial score (nSPS) is 24.6. The minimum Gasteiger partial charge on any atom is -0.507 e. The predicted octanol–water partition coefficient (Wildman–Crippen LogP) is 3.25. The smallest absolute Gasteiger partial charge is 0.339 e. The minimum atomic E-state index is -1.22. The minimum absolute atomic E-state index is 0.0976. The van der Waals surface area contributed by atoms with Crippen molar-refractivity contribution in [3.63, 3.8) is 0 Å². The van der Waals surface area contributed by atoms with Crippen LogP contribution in [0.5, 0.6) is 5.75 Å².